The zero-order valence-corrected chi connectivity index (χ0v) is 12.8. The summed E-state index contributed by atoms with van der Waals surface area (Å²) in [5.41, 5.74) is 0.865. The molecule has 0 radical (unpaired) electrons. The fraction of sp³-hybridized carbons (Fsp3) is 0.467. The minimum Gasteiger partial charge on any atom is -0.354 e. The number of hydrogen-bond acceptors (Lipinski definition) is 2. The van der Waals surface area contributed by atoms with Gasteiger partial charge in [-0.2, -0.15) is 0 Å². The molecule has 110 valence electrons. The standard InChI is InChI=1S/C15H21ClN2O2/c1-4-10(2)17-15(20)9-14(18-11(3)19)12-5-7-13(16)8-6-12/h5-8,10,14H,4,9H2,1-3H3,(H,17,20)(H,18,19). The van der Waals surface area contributed by atoms with Crippen molar-refractivity contribution < 1.29 is 9.59 Å². The number of benzene rings is 1. The van der Waals surface area contributed by atoms with E-state index in [0.717, 1.165) is 12.0 Å². The van der Waals surface area contributed by atoms with Gasteiger partial charge in [-0.3, -0.25) is 9.59 Å². The summed E-state index contributed by atoms with van der Waals surface area (Å²) in [4.78, 5) is 23.2. The largest absolute Gasteiger partial charge is 0.354 e. The molecule has 0 fully saturated rings. The third kappa shape index (κ3) is 5.61. The minimum absolute atomic E-state index is 0.0759. The van der Waals surface area contributed by atoms with E-state index < -0.39 is 0 Å². The molecular formula is C15H21ClN2O2. The smallest absolute Gasteiger partial charge is 0.222 e. The predicted octanol–water partition coefficient (Wildman–Crippen LogP) is 2.82. The van der Waals surface area contributed by atoms with Crippen LogP contribution in [0.4, 0.5) is 0 Å². The van der Waals surface area contributed by atoms with E-state index in [4.69, 9.17) is 11.6 Å². The fourth-order valence-electron chi connectivity index (χ4n) is 1.81. The molecule has 0 saturated heterocycles. The fourth-order valence-corrected chi connectivity index (χ4v) is 1.94. The number of carbonyl (C=O) groups excluding carboxylic acids is 2. The molecule has 4 nitrogen and oxygen atoms in total. The van der Waals surface area contributed by atoms with Crippen LogP contribution >= 0.6 is 11.6 Å². The third-order valence-electron chi connectivity index (χ3n) is 3.06. The molecule has 2 N–H and O–H groups in total. The van der Waals surface area contributed by atoms with Gasteiger partial charge < -0.3 is 10.6 Å². The van der Waals surface area contributed by atoms with Crippen LogP contribution in [0.1, 0.15) is 45.2 Å². The Bertz CT molecular complexity index is 459. The van der Waals surface area contributed by atoms with Gasteiger partial charge in [0.05, 0.1) is 12.5 Å². The molecule has 1 aromatic carbocycles. The van der Waals surface area contributed by atoms with E-state index in [1.54, 1.807) is 12.1 Å². The summed E-state index contributed by atoms with van der Waals surface area (Å²) in [6.07, 6.45) is 1.09. The topological polar surface area (TPSA) is 58.2 Å². The number of nitrogens with one attached hydrogen (secondary N) is 2. The summed E-state index contributed by atoms with van der Waals surface area (Å²) in [6.45, 7) is 5.40. The molecular weight excluding hydrogens is 276 g/mol. The molecule has 1 aromatic rings. The van der Waals surface area contributed by atoms with Gasteiger partial charge in [-0.15, -0.1) is 0 Å². The maximum absolute atomic E-state index is 12.0. The third-order valence-corrected chi connectivity index (χ3v) is 3.31. The van der Waals surface area contributed by atoms with E-state index in [1.165, 1.54) is 6.92 Å². The monoisotopic (exact) mass is 296 g/mol. The molecule has 0 aliphatic heterocycles. The van der Waals surface area contributed by atoms with Crippen molar-refractivity contribution in [3.05, 3.63) is 34.9 Å². The second-order valence-electron chi connectivity index (χ2n) is 4.89. The van der Waals surface area contributed by atoms with Crippen molar-refractivity contribution in [2.75, 3.05) is 0 Å². The van der Waals surface area contributed by atoms with E-state index in [-0.39, 0.29) is 30.3 Å². The highest BCUT2D eigenvalue weighted by Crippen LogP contribution is 2.19. The molecule has 0 aliphatic carbocycles. The summed E-state index contributed by atoms with van der Waals surface area (Å²) in [6, 6.07) is 6.93. The van der Waals surface area contributed by atoms with E-state index in [0.29, 0.717) is 5.02 Å². The summed E-state index contributed by atoms with van der Waals surface area (Å²) < 4.78 is 0. The Morgan fingerprint density at radius 1 is 1.20 bits per heavy atom. The van der Waals surface area contributed by atoms with Gasteiger partial charge in [-0.1, -0.05) is 30.7 Å². The first kappa shape index (κ1) is 16.5. The Morgan fingerprint density at radius 3 is 2.30 bits per heavy atom. The normalized spacial score (nSPS) is 13.4. The Morgan fingerprint density at radius 2 is 1.80 bits per heavy atom. The number of carbonyl (C=O) groups is 2. The molecule has 0 heterocycles. The van der Waals surface area contributed by atoms with E-state index in [1.807, 2.05) is 26.0 Å². The van der Waals surface area contributed by atoms with Crippen molar-refractivity contribution in [2.45, 2.75) is 45.7 Å². The highest BCUT2D eigenvalue weighted by atomic mass is 35.5. The number of halogens is 1. The molecule has 5 heteroatoms. The Labute approximate surface area is 124 Å². The summed E-state index contributed by atoms with van der Waals surface area (Å²) in [7, 11) is 0. The SMILES string of the molecule is CCC(C)NC(=O)CC(NC(C)=O)c1ccc(Cl)cc1. The van der Waals surface area contributed by atoms with Crippen molar-refractivity contribution in [3.8, 4) is 0 Å². The lowest BCUT2D eigenvalue weighted by atomic mass is 10.0. The van der Waals surface area contributed by atoms with Crippen LogP contribution in [-0.2, 0) is 9.59 Å². The molecule has 1 rings (SSSR count). The second kappa shape index (κ2) is 7.90. The Balaban J connectivity index is 2.76. The summed E-state index contributed by atoms with van der Waals surface area (Å²) in [5, 5.41) is 6.32. The molecule has 0 bridgehead atoms. The van der Waals surface area contributed by atoms with Gasteiger partial charge >= 0.3 is 0 Å². The van der Waals surface area contributed by atoms with Crippen LogP contribution in [0, 0.1) is 0 Å². The molecule has 20 heavy (non-hydrogen) atoms. The van der Waals surface area contributed by atoms with Crippen LogP contribution in [0.15, 0.2) is 24.3 Å². The molecule has 2 amide bonds. The van der Waals surface area contributed by atoms with Gasteiger partial charge in [0, 0.05) is 18.0 Å². The predicted molar refractivity (Wildman–Crippen MR) is 80.5 cm³/mol. The van der Waals surface area contributed by atoms with Crippen molar-refractivity contribution in [3.63, 3.8) is 0 Å². The first-order valence-corrected chi connectivity index (χ1v) is 7.12. The van der Waals surface area contributed by atoms with Crippen LogP contribution in [-0.4, -0.2) is 17.9 Å². The zero-order chi connectivity index (χ0) is 15.1. The van der Waals surface area contributed by atoms with Crippen molar-refractivity contribution in [2.24, 2.45) is 0 Å². The van der Waals surface area contributed by atoms with E-state index in [2.05, 4.69) is 10.6 Å². The van der Waals surface area contributed by atoms with Crippen LogP contribution in [0.5, 0.6) is 0 Å². The first-order chi connectivity index (χ1) is 9.42. The molecule has 0 aliphatic rings. The lowest BCUT2D eigenvalue weighted by molar-refractivity contribution is -0.123. The Kier molecular flexibility index (Phi) is 6.52. The number of amides is 2. The van der Waals surface area contributed by atoms with Gasteiger partial charge in [0.25, 0.3) is 0 Å². The maximum atomic E-state index is 12.0. The average Bonchev–Trinajstić information content (AvgIpc) is 2.38. The lowest BCUT2D eigenvalue weighted by Crippen LogP contribution is -2.36. The molecule has 0 aromatic heterocycles. The van der Waals surface area contributed by atoms with Crippen LogP contribution < -0.4 is 10.6 Å². The molecule has 2 unspecified atom stereocenters. The number of hydrogen-bond donors (Lipinski definition) is 2. The highest BCUT2D eigenvalue weighted by molar-refractivity contribution is 6.30. The quantitative estimate of drug-likeness (QED) is 0.848. The van der Waals surface area contributed by atoms with Crippen molar-refractivity contribution in [1.82, 2.24) is 10.6 Å². The molecule has 0 spiro atoms. The van der Waals surface area contributed by atoms with Crippen molar-refractivity contribution in [1.29, 1.82) is 0 Å². The first-order valence-electron chi connectivity index (χ1n) is 6.74. The zero-order valence-electron chi connectivity index (χ0n) is 12.1. The summed E-state index contributed by atoms with van der Waals surface area (Å²) >= 11 is 5.85. The molecule has 2 atom stereocenters. The maximum Gasteiger partial charge on any atom is 0.222 e. The van der Waals surface area contributed by atoms with E-state index in [9.17, 15) is 9.59 Å². The van der Waals surface area contributed by atoms with Crippen LogP contribution in [0.25, 0.3) is 0 Å². The van der Waals surface area contributed by atoms with E-state index >= 15 is 0 Å². The van der Waals surface area contributed by atoms with Crippen LogP contribution in [0.3, 0.4) is 0 Å². The second-order valence-corrected chi connectivity index (χ2v) is 5.32. The van der Waals surface area contributed by atoms with Gasteiger partial charge in [0.15, 0.2) is 0 Å². The summed E-state index contributed by atoms with van der Waals surface area (Å²) in [5.74, 6) is -0.241. The van der Waals surface area contributed by atoms with Gasteiger partial charge in [0.1, 0.15) is 0 Å². The highest BCUT2D eigenvalue weighted by Gasteiger charge is 2.17. The van der Waals surface area contributed by atoms with Crippen LogP contribution in [0.2, 0.25) is 5.02 Å². The molecule has 0 saturated carbocycles. The van der Waals surface area contributed by atoms with Gasteiger partial charge in [-0.05, 0) is 31.0 Å². The van der Waals surface area contributed by atoms with Gasteiger partial charge in [0.2, 0.25) is 11.8 Å². The number of rotatable bonds is 6. The average molecular weight is 297 g/mol. The van der Waals surface area contributed by atoms with Gasteiger partial charge in [-0.25, -0.2) is 0 Å². The Hall–Kier alpha value is -1.55. The van der Waals surface area contributed by atoms with Crippen molar-refractivity contribution >= 4 is 23.4 Å². The lowest BCUT2D eigenvalue weighted by Gasteiger charge is -2.19. The minimum atomic E-state index is -0.339.